The second-order valence-electron chi connectivity index (χ2n) is 5.47. The number of carbonyl (C=O) groups is 1. The van der Waals surface area contributed by atoms with E-state index in [0.29, 0.717) is 35.8 Å². The Balaban J connectivity index is 1.99. The number of aromatic nitrogens is 1. The minimum atomic E-state index is -0.413. The van der Waals surface area contributed by atoms with E-state index >= 15 is 0 Å². The van der Waals surface area contributed by atoms with Crippen LogP contribution in [0.4, 0.5) is 11.5 Å². The molecule has 0 bridgehead atoms. The van der Waals surface area contributed by atoms with Gasteiger partial charge in [0, 0.05) is 24.8 Å². The smallest absolute Gasteiger partial charge is 0.340 e. The zero-order chi connectivity index (χ0) is 15.4. The van der Waals surface area contributed by atoms with Crippen LogP contribution in [0.25, 0.3) is 0 Å². The van der Waals surface area contributed by atoms with Crippen LogP contribution in [0, 0.1) is 0 Å². The van der Waals surface area contributed by atoms with E-state index in [1.165, 1.54) is 12.8 Å². The highest BCUT2D eigenvalue weighted by Gasteiger charge is 2.29. The van der Waals surface area contributed by atoms with Gasteiger partial charge in [-0.05, 0) is 39.8 Å². The molecular weight excluding hydrogens is 268 g/mol. The van der Waals surface area contributed by atoms with Crippen molar-refractivity contribution in [3.63, 3.8) is 0 Å². The molecule has 1 saturated carbocycles. The molecule has 6 nitrogen and oxygen atoms in total. The molecule has 6 heteroatoms. The molecule has 0 spiro atoms. The largest absolute Gasteiger partial charge is 0.462 e. The van der Waals surface area contributed by atoms with Gasteiger partial charge in [-0.25, -0.2) is 9.78 Å². The topological polar surface area (TPSA) is 80.5 Å². The maximum Gasteiger partial charge on any atom is 0.340 e. The molecule has 2 rings (SSSR count). The standard InChI is InChI=1S/C15H24N4O2/c1-4-21-15(20)12-7-8-17-14(13(12)16)18-9-10(2)19(3)11-5-6-11/h7-8,10-11H,4-6,9,16H2,1-3H3,(H,17,18). The maximum absolute atomic E-state index is 11.8. The summed E-state index contributed by atoms with van der Waals surface area (Å²) in [5, 5.41) is 3.23. The van der Waals surface area contributed by atoms with Gasteiger partial charge in [-0.2, -0.15) is 0 Å². The van der Waals surface area contributed by atoms with Crippen LogP contribution in [0.3, 0.4) is 0 Å². The lowest BCUT2D eigenvalue weighted by molar-refractivity contribution is 0.0527. The van der Waals surface area contributed by atoms with E-state index in [2.05, 4.69) is 29.2 Å². The third-order valence-electron chi connectivity index (χ3n) is 3.87. The Morgan fingerprint density at radius 3 is 2.95 bits per heavy atom. The van der Waals surface area contributed by atoms with Gasteiger partial charge in [0.05, 0.1) is 17.9 Å². The van der Waals surface area contributed by atoms with Gasteiger partial charge in [0.15, 0.2) is 0 Å². The minimum absolute atomic E-state index is 0.326. The Labute approximate surface area is 125 Å². The van der Waals surface area contributed by atoms with Crippen LogP contribution in [-0.2, 0) is 4.74 Å². The van der Waals surface area contributed by atoms with Gasteiger partial charge in [-0.1, -0.05) is 0 Å². The lowest BCUT2D eigenvalue weighted by Gasteiger charge is -2.25. The summed E-state index contributed by atoms with van der Waals surface area (Å²) in [6.07, 6.45) is 4.12. The number of pyridine rings is 1. The van der Waals surface area contributed by atoms with Crippen molar-refractivity contribution in [2.45, 2.75) is 38.8 Å². The van der Waals surface area contributed by atoms with Gasteiger partial charge in [0.1, 0.15) is 5.82 Å². The molecular formula is C15H24N4O2. The third kappa shape index (κ3) is 3.85. The van der Waals surface area contributed by atoms with Crippen molar-refractivity contribution in [1.29, 1.82) is 0 Å². The molecule has 1 aromatic rings. The highest BCUT2D eigenvalue weighted by molar-refractivity contribution is 5.97. The summed E-state index contributed by atoms with van der Waals surface area (Å²) in [5.41, 5.74) is 6.71. The second kappa shape index (κ2) is 6.76. The first-order chi connectivity index (χ1) is 10.0. The van der Waals surface area contributed by atoms with E-state index in [1.807, 2.05) is 0 Å². The van der Waals surface area contributed by atoms with Gasteiger partial charge in [0.25, 0.3) is 0 Å². The maximum atomic E-state index is 11.8. The molecule has 0 aromatic carbocycles. The van der Waals surface area contributed by atoms with Crippen molar-refractivity contribution < 1.29 is 9.53 Å². The first-order valence-corrected chi connectivity index (χ1v) is 7.42. The van der Waals surface area contributed by atoms with Crippen LogP contribution in [-0.4, -0.2) is 48.1 Å². The lowest BCUT2D eigenvalue weighted by atomic mass is 10.2. The SMILES string of the molecule is CCOC(=O)c1ccnc(NCC(C)N(C)C2CC2)c1N. The molecule has 3 N–H and O–H groups in total. The fourth-order valence-corrected chi connectivity index (χ4v) is 2.23. The number of nitrogen functional groups attached to an aromatic ring is 1. The average Bonchev–Trinajstić information content (AvgIpc) is 3.29. The fourth-order valence-electron chi connectivity index (χ4n) is 2.23. The van der Waals surface area contributed by atoms with Gasteiger partial charge in [-0.15, -0.1) is 0 Å². The molecule has 21 heavy (non-hydrogen) atoms. The van der Waals surface area contributed by atoms with Gasteiger partial charge in [-0.3, -0.25) is 4.90 Å². The summed E-state index contributed by atoms with van der Waals surface area (Å²) in [6.45, 7) is 4.99. The third-order valence-corrected chi connectivity index (χ3v) is 3.87. The Morgan fingerprint density at radius 1 is 1.62 bits per heavy atom. The van der Waals surface area contributed by atoms with Crippen molar-refractivity contribution in [2.75, 3.05) is 31.2 Å². The van der Waals surface area contributed by atoms with Crippen LogP contribution in [0.15, 0.2) is 12.3 Å². The van der Waals surface area contributed by atoms with Crippen molar-refractivity contribution in [3.05, 3.63) is 17.8 Å². The summed E-state index contributed by atoms with van der Waals surface area (Å²) in [5.74, 6) is 0.125. The summed E-state index contributed by atoms with van der Waals surface area (Å²) in [6, 6.07) is 2.67. The predicted molar refractivity (Wildman–Crippen MR) is 83.3 cm³/mol. The number of anilines is 2. The van der Waals surface area contributed by atoms with Crippen LogP contribution >= 0.6 is 0 Å². The molecule has 1 heterocycles. The molecule has 0 radical (unpaired) electrons. The zero-order valence-electron chi connectivity index (χ0n) is 12.9. The second-order valence-corrected chi connectivity index (χ2v) is 5.47. The number of ether oxygens (including phenoxy) is 1. The molecule has 1 fully saturated rings. The zero-order valence-corrected chi connectivity index (χ0v) is 12.9. The summed E-state index contributed by atoms with van der Waals surface area (Å²) in [7, 11) is 2.13. The van der Waals surface area contributed by atoms with E-state index < -0.39 is 5.97 Å². The average molecular weight is 292 g/mol. The van der Waals surface area contributed by atoms with E-state index in [9.17, 15) is 4.79 Å². The van der Waals surface area contributed by atoms with Crippen LogP contribution in [0.1, 0.15) is 37.0 Å². The first-order valence-electron chi connectivity index (χ1n) is 7.42. The van der Waals surface area contributed by atoms with Crippen LogP contribution < -0.4 is 11.1 Å². The number of likely N-dealkylation sites (N-methyl/N-ethyl adjacent to an activating group) is 1. The Bertz CT molecular complexity index is 502. The number of nitrogens with one attached hydrogen (secondary N) is 1. The Morgan fingerprint density at radius 2 is 2.33 bits per heavy atom. The minimum Gasteiger partial charge on any atom is -0.462 e. The number of nitrogens with zero attached hydrogens (tertiary/aromatic N) is 2. The predicted octanol–water partition coefficient (Wildman–Crippen LogP) is 1.74. The van der Waals surface area contributed by atoms with Gasteiger partial charge < -0.3 is 15.8 Å². The highest BCUT2D eigenvalue weighted by atomic mass is 16.5. The van der Waals surface area contributed by atoms with Crippen molar-refractivity contribution >= 4 is 17.5 Å². The van der Waals surface area contributed by atoms with E-state index in [-0.39, 0.29) is 0 Å². The van der Waals surface area contributed by atoms with E-state index in [1.54, 1.807) is 19.2 Å². The summed E-state index contributed by atoms with van der Waals surface area (Å²) in [4.78, 5) is 18.4. The molecule has 1 atom stereocenters. The molecule has 0 amide bonds. The summed E-state index contributed by atoms with van der Waals surface area (Å²) < 4.78 is 4.98. The molecule has 1 aliphatic rings. The van der Waals surface area contributed by atoms with Crippen molar-refractivity contribution in [2.24, 2.45) is 0 Å². The Kier molecular flexibility index (Phi) is 5.01. The van der Waals surface area contributed by atoms with Gasteiger partial charge in [0.2, 0.25) is 0 Å². The normalized spacial score (nSPS) is 15.8. The molecule has 1 aliphatic carbocycles. The number of rotatable bonds is 7. The monoisotopic (exact) mass is 292 g/mol. The van der Waals surface area contributed by atoms with Crippen molar-refractivity contribution in [1.82, 2.24) is 9.88 Å². The first kappa shape index (κ1) is 15.6. The molecule has 1 aromatic heterocycles. The van der Waals surface area contributed by atoms with Gasteiger partial charge >= 0.3 is 5.97 Å². The van der Waals surface area contributed by atoms with Crippen LogP contribution in [0.5, 0.6) is 0 Å². The molecule has 1 unspecified atom stereocenters. The fraction of sp³-hybridized carbons (Fsp3) is 0.600. The summed E-state index contributed by atoms with van der Waals surface area (Å²) >= 11 is 0. The highest BCUT2D eigenvalue weighted by Crippen LogP contribution is 2.27. The lowest BCUT2D eigenvalue weighted by Crippen LogP contribution is -2.36. The molecule has 0 saturated heterocycles. The van der Waals surface area contributed by atoms with E-state index in [0.717, 1.165) is 6.54 Å². The number of carbonyl (C=O) groups excluding carboxylic acids is 1. The molecule has 0 aliphatic heterocycles. The number of hydrogen-bond donors (Lipinski definition) is 2. The quantitative estimate of drug-likeness (QED) is 0.745. The number of hydrogen-bond acceptors (Lipinski definition) is 6. The molecule has 116 valence electrons. The van der Waals surface area contributed by atoms with Crippen LogP contribution in [0.2, 0.25) is 0 Å². The Hall–Kier alpha value is -1.82. The van der Waals surface area contributed by atoms with Crippen molar-refractivity contribution in [3.8, 4) is 0 Å². The number of esters is 1. The van der Waals surface area contributed by atoms with E-state index in [4.69, 9.17) is 10.5 Å². The number of nitrogens with two attached hydrogens (primary N) is 1.